The van der Waals surface area contributed by atoms with Gasteiger partial charge in [0.15, 0.2) is 20.8 Å². The van der Waals surface area contributed by atoms with E-state index in [1.165, 1.54) is 30.8 Å². The highest BCUT2D eigenvalue weighted by Gasteiger charge is 2.47. The number of nitrogens with zero attached hydrogens (tertiary/aromatic N) is 2. The highest BCUT2D eigenvalue weighted by Crippen LogP contribution is 2.36. The third kappa shape index (κ3) is 3.84. The zero-order valence-corrected chi connectivity index (χ0v) is 16.8. The number of hydrogen-bond acceptors (Lipinski definition) is 6. The number of rotatable bonds is 4. The van der Waals surface area contributed by atoms with Crippen molar-refractivity contribution in [2.75, 3.05) is 16.4 Å². The Morgan fingerprint density at radius 3 is 2.75 bits per heavy atom. The van der Waals surface area contributed by atoms with Gasteiger partial charge in [0.2, 0.25) is 0 Å². The van der Waals surface area contributed by atoms with Gasteiger partial charge in [-0.05, 0) is 36.8 Å². The van der Waals surface area contributed by atoms with Crippen molar-refractivity contribution < 1.29 is 17.6 Å². The largest absolute Gasteiger partial charge is 0.315 e. The maximum atomic E-state index is 13.5. The molecule has 2 atom stereocenters. The molecule has 28 heavy (non-hydrogen) atoms. The second-order valence-electron chi connectivity index (χ2n) is 7.02. The molecule has 0 aromatic heterocycles. The first-order valence-electron chi connectivity index (χ1n) is 8.88. The van der Waals surface area contributed by atoms with Crippen molar-refractivity contribution in [3.63, 3.8) is 0 Å². The van der Waals surface area contributed by atoms with Gasteiger partial charge in [-0.25, -0.2) is 12.8 Å². The van der Waals surface area contributed by atoms with Crippen LogP contribution in [0.15, 0.2) is 53.5 Å². The molecule has 5 nitrogen and oxygen atoms in total. The number of carbonyl (C=O) groups excluding carboxylic acids is 1. The van der Waals surface area contributed by atoms with Crippen LogP contribution in [0.2, 0.25) is 0 Å². The minimum Gasteiger partial charge on any atom is -0.315 e. The Hall–Kier alpha value is -2.19. The van der Waals surface area contributed by atoms with Gasteiger partial charge in [-0.2, -0.15) is 0 Å². The molecule has 2 aliphatic heterocycles. The molecule has 0 saturated carbocycles. The Kier molecular flexibility index (Phi) is 5.01. The number of sulfone groups is 1. The molecular formula is C20H19FN2O3S2. The van der Waals surface area contributed by atoms with Crippen LogP contribution in [0, 0.1) is 5.82 Å². The summed E-state index contributed by atoms with van der Waals surface area (Å²) in [5, 5.41) is 0.704. The fourth-order valence-corrected chi connectivity index (χ4v) is 6.49. The summed E-state index contributed by atoms with van der Waals surface area (Å²) in [7, 11) is -3.14. The van der Waals surface area contributed by atoms with Crippen LogP contribution in [0.5, 0.6) is 0 Å². The zero-order chi connectivity index (χ0) is 19.9. The number of anilines is 1. The lowest BCUT2D eigenvalue weighted by Gasteiger charge is -2.26. The first-order valence-corrected chi connectivity index (χ1v) is 11.7. The minimum absolute atomic E-state index is 0.0323. The number of halogens is 1. The van der Waals surface area contributed by atoms with E-state index in [0.717, 1.165) is 11.3 Å². The molecule has 2 unspecified atom stereocenters. The molecule has 1 saturated heterocycles. The van der Waals surface area contributed by atoms with E-state index >= 15 is 0 Å². The van der Waals surface area contributed by atoms with E-state index in [1.54, 1.807) is 24.3 Å². The van der Waals surface area contributed by atoms with Gasteiger partial charge in [0, 0.05) is 17.0 Å². The Balaban J connectivity index is 1.65. The number of amidine groups is 1. The van der Waals surface area contributed by atoms with Crippen LogP contribution in [-0.2, 0) is 15.6 Å². The molecule has 0 amide bonds. The number of fused-ring (bicyclic) bond motifs is 1. The first-order chi connectivity index (χ1) is 13.3. The summed E-state index contributed by atoms with van der Waals surface area (Å²) in [6.07, 6.45) is 0. The van der Waals surface area contributed by atoms with E-state index in [-0.39, 0.29) is 35.2 Å². The van der Waals surface area contributed by atoms with E-state index in [0.29, 0.717) is 16.5 Å². The van der Waals surface area contributed by atoms with Crippen molar-refractivity contribution in [1.82, 2.24) is 0 Å². The molecule has 1 fully saturated rings. The quantitative estimate of drug-likeness (QED) is 0.713. The summed E-state index contributed by atoms with van der Waals surface area (Å²) < 4.78 is 37.7. The molecule has 0 bridgehead atoms. The lowest BCUT2D eigenvalue weighted by Crippen LogP contribution is -2.39. The molecule has 2 aromatic carbocycles. The zero-order valence-electron chi connectivity index (χ0n) is 15.2. The average molecular weight is 419 g/mol. The van der Waals surface area contributed by atoms with Gasteiger partial charge in [-0.15, -0.1) is 0 Å². The summed E-state index contributed by atoms with van der Waals surface area (Å²) in [5.41, 5.74) is 2.15. The Morgan fingerprint density at radius 2 is 2.00 bits per heavy atom. The Morgan fingerprint density at radius 1 is 1.21 bits per heavy atom. The van der Waals surface area contributed by atoms with Gasteiger partial charge in [0.1, 0.15) is 5.82 Å². The Labute approximate surface area is 167 Å². The van der Waals surface area contributed by atoms with Crippen LogP contribution in [0.3, 0.4) is 0 Å². The van der Waals surface area contributed by atoms with Crippen LogP contribution < -0.4 is 4.90 Å². The number of aliphatic imine (C=N–C) groups is 1. The summed E-state index contributed by atoms with van der Waals surface area (Å²) in [6.45, 7) is 1.50. The normalized spacial score (nSPS) is 22.8. The SMILES string of the molecule is CC(=O)c1cccc(N2C(SCc3cccc(F)c3)=NC3CS(=O)(=O)CC32)c1. The van der Waals surface area contributed by atoms with Crippen molar-refractivity contribution in [1.29, 1.82) is 0 Å². The summed E-state index contributed by atoms with van der Waals surface area (Å²) in [6, 6.07) is 13.0. The van der Waals surface area contributed by atoms with Crippen molar-refractivity contribution in [3.05, 3.63) is 65.5 Å². The van der Waals surface area contributed by atoms with Gasteiger partial charge in [-0.3, -0.25) is 9.79 Å². The molecule has 2 heterocycles. The molecule has 146 valence electrons. The third-order valence-electron chi connectivity index (χ3n) is 4.90. The Bertz CT molecular complexity index is 1070. The molecule has 0 N–H and O–H groups in total. The van der Waals surface area contributed by atoms with Gasteiger partial charge < -0.3 is 4.90 Å². The van der Waals surface area contributed by atoms with Gasteiger partial charge in [0.25, 0.3) is 0 Å². The second-order valence-corrected chi connectivity index (χ2v) is 10.1. The molecule has 0 aliphatic carbocycles. The fraction of sp³-hybridized carbons (Fsp3) is 0.300. The first kappa shape index (κ1) is 19.1. The number of thioether (sulfide) groups is 1. The molecule has 2 aliphatic rings. The van der Waals surface area contributed by atoms with Crippen molar-refractivity contribution in [2.45, 2.75) is 24.8 Å². The number of hydrogen-bond donors (Lipinski definition) is 0. The van der Waals surface area contributed by atoms with Crippen LogP contribution in [0.4, 0.5) is 10.1 Å². The fourth-order valence-electron chi connectivity index (χ4n) is 3.58. The van der Waals surface area contributed by atoms with Gasteiger partial charge in [0.05, 0.1) is 23.6 Å². The maximum Gasteiger partial charge on any atom is 0.164 e. The summed E-state index contributed by atoms with van der Waals surface area (Å²) >= 11 is 1.45. The molecule has 0 radical (unpaired) electrons. The van der Waals surface area contributed by atoms with Crippen molar-refractivity contribution >= 4 is 38.2 Å². The molecule has 4 rings (SSSR count). The lowest BCUT2D eigenvalue weighted by atomic mass is 10.1. The van der Waals surface area contributed by atoms with E-state index in [9.17, 15) is 17.6 Å². The lowest BCUT2D eigenvalue weighted by molar-refractivity contribution is 0.101. The monoisotopic (exact) mass is 418 g/mol. The third-order valence-corrected chi connectivity index (χ3v) is 7.63. The van der Waals surface area contributed by atoms with Crippen LogP contribution in [0.25, 0.3) is 0 Å². The van der Waals surface area contributed by atoms with E-state index in [2.05, 4.69) is 4.99 Å². The van der Waals surface area contributed by atoms with E-state index in [1.807, 2.05) is 17.0 Å². The molecule has 8 heteroatoms. The highest BCUT2D eigenvalue weighted by atomic mass is 32.2. The molecular weight excluding hydrogens is 399 g/mol. The van der Waals surface area contributed by atoms with E-state index in [4.69, 9.17) is 0 Å². The summed E-state index contributed by atoms with van der Waals surface area (Å²) in [5.74, 6) is 0.245. The van der Waals surface area contributed by atoms with E-state index < -0.39 is 9.84 Å². The van der Waals surface area contributed by atoms with Crippen molar-refractivity contribution in [3.8, 4) is 0 Å². The second kappa shape index (κ2) is 7.33. The minimum atomic E-state index is -3.14. The topological polar surface area (TPSA) is 66.8 Å². The van der Waals surface area contributed by atoms with Crippen LogP contribution in [-0.4, -0.2) is 43.0 Å². The smallest absolute Gasteiger partial charge is 0.164 e. The maximum absolute atomic E-state index is 13.5. The average Bonchev–Trinajstić information content (AvgIpc) is 3.11. The number of Topliss-reactive ketones (excluding diaryl/α,β-unsaturated/α-hetero) is 1. The predicted octanol–water partition coefficient (Wildman–Crippen LogP) is 3.30. The van der Waals surface area contributed by atoms with Gasteiger partial charge in [-0.1, -0.05) is 36.0 Å². The summed E-state index contributed by atoms with van der Waals surface area (Å²) in [4.78, 5) is 18.4. The van der Waals surface area contributed by atoms with Crippen LogP contribution >= 0.6 is 11.8 Å². The van der Waals surface area contributed by atoms with Crippen molar-refractivity contribution in [2.24, 2.45) is 4.99 Å². The number of carbonyl (C=O) groups is 1. The number of benzene rings is 2. The number of ketones is 1. The standard InChI is InChI=1S/C20H19FN2O3S2/c1-13(24)15-5-3-7-17(9-15)23-19-12-28(25,26)11-18(19)22-20(23)27-10-14-4-2-6-16(21)8-14/h2-9,18-19H,10-12H2,1H3. The van der Waals surface area contributed by atoms with Crippen LogP contribution in [0.1, 0.15) is 22.8 Å². The molecule has 0 spiro atoms. The molecule has 2 aromatic rings. The van der Waals surface area contributed by atoms with Gasteiger partial charge >= 0.3 is 0 Å². The predicted molar refractivity (Wildman–Crippen MR) is 110 cm³/mol. The highest BCUT2D eigenvalue weighted by molar-refractivity contribution is 8.13.